The second-order valence-corrected chi connectivity index (χ2v) is 3.87. The molecule has 3 aromatic rings. The number of nitrogens with zero attached hydrogens (tertiary/aromatic N) is 4. The van der Waals surface area contributed by atoms with Crippen LogP contribution in [0.2, 0.25) is 0 Å². The molecule has 0 fully saturated rings. The summed E-state index contributed by atoms with van der Waals surface area (Å²) in [6, 6.07) is 8.95. The highest BCUT2D eigenvalue weighted by Gasteiger charge is 2.10. The molecule has 0 atom stereocenters. The molecule has 0 aliphatic rings. The number of aryl methyl sites for hydroxylation is 1. The average molecular weight is 238 g/mol. The molecule has 0 unspecified atom stereocenters. The number of benzene rings is 1. The first kappa shape index (κ1) is 10.6. The van der Waals surface area contributed by atoms with Crippen LogP contribution in [-0.2, 0) is 0 Å². The van der Waals surface area contributed by atoms with Gasteiger partial charge in [-0.05, 0) is 25.1 Å². The van der Waals surface area contributed by atoms with Crippen LogP contribution in [0.3, 0.4) is 0 Å². The Hall–Kier alpha value is -2.56. The van der Waals surface area contributed by atoms with E-state index >= 15 is 0 Å². The van der Waals surface area contributed by atoms with E-state index in [-0.39, 0.29) is 5.56 Å². The predicted molar refractivity (Wildman–Crippen MR) is 67.7 cm³/mol. The zero-order chi connectivity index (χ0) is 12.5. The number of hydrogen-bond acceptors (Lipinski definition) is 4. The van der Waals surface area contributed by atoms with Crippen molar-refractivity contribution in [3.05, 3.63) is 58.9 Å². The van der Waals surface area contributed by atoms with Gasteiger partial charge >= 0.3 is 0 Å². The van der Waals surface area contributed by atoms with Gasteiger partial charge in [-0.15, -0.1) is 0 Å². The highest BCUT2D eigenvalue weighted by Crippen LogP contribution is 2.09. The smallest absolute Gasteiger partial charge is 0.268 e. The molecule has 0 aliphatic heterocycles. The summed E-state index contributed by atoms with van der Waals surface area (Å²) in [5.74, 6) is 0.920. The molecule has 18 heavy (non-hydrogen) atoms. The van der Waals surface area contributed by atoms with Gasteiger partial charge in [-0.3, -0.25) is 4.79 Å². The highest BCUT2D eigenvalue weighted by atomic mass is 16.1. The molecule has 0 aliphatic carbocycles. The summed E-state index contributed by atoms with van der Waals surface area (Å²) in [7, 11) is 0. The molecule has 0 radical (unpaired) electrons. The third-order valence-corrected chi connectivity index (χ3v) is 2.70. The van der Waals surface area contributed by atoms with Crippen molar-refractivity contribution in [1.82, 2.24) is 19.5 Å². The lowest BCUT2D eigenvalue weighted by atomic mass is 10.2. The molecule has 0 N–H and O–H groups in total. The number of fused-ring (bicyclic) bond motifs is 1. The minimum absolute atomic E-state index is 0.149. The van der Waals surface area contributed by atoms with Crippen LogP contribution in [0.4, 0.5) is 0 Å². The summed E-state index contributed by atoms with van der Waals surface area (Å²) in [6.45, 7) is 1.77. The predicted octanol–water partition coefficient (Wildman–Crippen LogP) is 1.48. The summed E-state index contributed by atoms with van der Waals surface area (Å²) in [6.07, 6.45) is 3.20. The van der Waals surface area contributed by atoms with E-state index in [0.717, 1.165) is 0 Å². The van der Waals surface area contributed by atoms with Crippen LogP contribution < -0.4 is 5.56 Å². The van der Waals surface area contributed by atoms with Crippen LogP contribution >= 0.6 is 0 Å². The van der Waals surface area contributed by atoms with E-state index < -0.39 is 0 Å². The van der Waals surface area contributed by atoms with E-state index in [1.54, 1.807) is 31.5 Å². The monoisotopic (exact) mass is 238 g/mol. The van der Waals surface area contributed by atoms with Gasteiger partial charge in [-0.25, -0.2) is 19.5 Å². The molecule has 1 aromatic carbocycles. The third-order valence-electron chi connectivity index (χ3n) is 2.70. The molecule has 88 valence electrons. The van der Waals surface area contributed by atoms with Gasteiger partial charge in [0, 0.05) is 12.4 Å². The van der Waals surface area contributed by atoms with Crippen LogP contribution in [0.5, 0.6) is 0 Å². The SMILES string of the molecule is Cc1nc2ccccc2c(=O)n1-c1ncccn1. The number of para-hydroxylation sites is 1. The normalized spacial score (nSPS) is 10.7. The van der Waals surface area contributed by atoms with E-state index in [9.17, 15) is 4.79 Å². The Morgan fingerprint density at radius 1 is 1.06 bits per heavy atom. The van der Waals surface area contributed by atoms with Crippen LogP contribution in [0, 0.1) is 6.92 Å². The summed E-state index contributed by atoms with van der Waals surface area (Å²) < 4.78 is 1.42. The molecule has 0 spiro atoms. The average Bonchev–Trinajstić information content (AvgIpc) is 2.40. The molecule has 0 saturated carbocycles. The van der Waals surface area contributed by atoms with E-state index in [1.807, 2.05) is 18.2 Å². The fourth-order valence-electron chi connectivity index (χ4n) is 1.89. The standard InChI is InChI=1S/C13H10N4O/c1-9-16-11-6-3-2-5-10(11)12(18)17(9)13-14-7-4-8-15-13/h2-8H,1H3. The zero-order valence-corrected chi connectivity index (χ0v) is 9.74. The van der Waals surface area contributed by atoms with Crippen LogP contribution in [0.25, 0.3) is 16.9 Å². The summed E-state index contributed by atoms with van der Waals surface area (Å²) in [4.78, 5) is 25.0. The molecule has 0 saturated heterocycles. The molecule has 0 bridgehead atoms. The first-order chi connectivity index (χ1) is 8.77. The van der Waals surface area contributed by atoms with Crippen molar-refractivity contribution < 1.29 is 0 Å². The van der Waals surface area contributed by atoms with Crippen molar-refractivity contribution in [3.8, 4) is 5.95 Å². The zero-order valence-electron chi connectivity index (χ0n) is 9.74. The van der Waals surface area contributed by atoms with Crippen molar-refractivity contribution in [2.45, 2.75) is 6.92 Å². The maximum atomic E-state index is 12.4. The van der Waals surface area contributed by atoms with Crippen molar-refractivity contribution in [2.24, 2.45) is 0 Å². The van der Waals surface area contributed by atoms with Gasteiger partial charge in [0.1, 0.15) is 5.82 Å². The van der Waals surface area contributed by atoms with Gasteiger partial charge < -0.3 is 0 Å². The molecule has 5 heteroatoms. The second kappa shape index (κ2) is 4.03. The molecule has 2 aromatic heterocycles. The first-order valence-electron chi connectivity index (χ1n) is 5.53. The first-order valence-corrected chi connectivity index (χ1v) is 5.53. The van der Waals surface area contributed by atoms with E-state index in [2.05, 4.69) is 15.0 Å². The van der Waals surface area contributed by atoms with Gasteiger partial charge in [-0.1, -0.05) is 12.1 Å². The lowest BCUT2D eigenvalue weighted by molar-refractivity contribution is 0.827. The Labute approximate surface area is 103 Å². The molecule has 0 amide bonds. The Kier molecular flexibility index (Phi) is 2.37. The van der Waals surface area contributed by atoms with Crippen LogP contribution in [-0.4, -0.2) is 19.5 Å². The maximum Gasteiger partial charge on any atom is 0.268 e. The van der Waals surface area contributed by atoms with Gasteiger partial charge in [-0.2, -0.15) is 0 Å². The fourth-order valence-corrected chi connectivity index (χ4v) is 1.89. The molecular weight excluding hydrogens is 228 g/mol. The van der Waals surface area contributed by atoms with Crippen molar-refractivity contribution in [1.29, 1.82) is 0 Å². The van der Waals surface area contributed by atoms with Crippen LogP contribution in [0.1, 0.15) is 5.82 Å². The van der Waals surface area contributed by atoms with Gasteiger partial charge in [0.2, 0.25) is 5.95 Å². The Balaban J connectivity index is 2.41. The number of rotatable bonds is 1. The molecule has 5 nitrogen and oxygen atoms in total. The Bertz CT molecular complexity index is 765. The van der Waals surface area contributed by atoms with Crippen molar-refractivity contribution in [2.75, 3.05) is 0 Å². The van der Waals surface area contributed by atoms with Crippen molar-refractivity contribution in [3.63, 3.8) is 0 Å². The Morgan fingerprint density at radius 2 is 1.78 bits per heavy atom. The van der Waals surface area contributed by atoms with E-state index in [1.165, 1.54) is 4.57 Å². The summed E-state index contributed by atoms with van der Waals surface area (Å²) >= 11 is 0. The summed E-state index contributed by atoms with van der Waals surface area (Å²) in [5.41, 5.74) is 0.538. The van der Waals surface area contributed by atoms with Gasteiger partial charge in [0.15, 0.2) is 0 Å². The van der Waals surface area contributed by atoms with E-state index in [0.29, 0.717) is 22.7 Å². The fraction of sp³-hybridized carbons (Fsp3) is 0.0769. The highest BCUT2D eigenvalue weighted by molar-refractivity contribution is 5.77. The number of aromatic nitrogens is 4. The maximum absolute atomic E-state index is 12.4. The van der Waals surface area contributed by atoms with Gasteiger partial charge in [0.05, 0.1) is 10.9 Å². The third kappa shape index (κ3) is 1.57. The second-order valence-electron chi connectivity index (χ2n) is 3.87. The lowest BCUT2D eigenvalue weighted by Gasteiger charge is -2.08. The molecule has 2 heterocycles. The summed E-state index contributed by atoms with van der Waals surface area (Å²) in [5, 5.41) is 0.565. The topological polar surface area (TPSA) is 60.7 Å². The minimum atomic E-state index is -0.149. The minimum Gasteiger partial charge on any atom is -0.268 e. The number of hydrogen-bond donors (Lipinski definition) is 0. The molecule has 3 rings (SSSR count). The lowest BCUT2D eigenvalue weighted by Crippen LogP contribution is -2.23. The largest absolute Gasteiger partial charge is 0.268 e. The Morgan fingerprint density at radius 3 is 2.56 bits per heavy atom. The molecular formula is C13H10N4O. The van der Waals surface area contributed by atoms with Crippen molar-refractivity contribution >= 4 is 10.9 Å². The van der Waals surface area contributed by atoms with E-state index in [4.69, 9.17) is 0 Å². The van der Waals surface area contributed by atoms with Crippen LogP contribution in [0.15, 0.2) is 47.5 Å². The quantitative estimate of drug-likeness (QED) is 0.644. The van der Waals surface area contributed by atoms with Gasteiger partial charge in [0.25, 0.3) is 5.56 Å².